The molecule has 1 aromatic carbocycles. The Morgan fingerprint density at radius 1 is 1.30 bits per heavy atom. The van der Waals surface area contributed by atoms with Crippen LogP contribution in [0.3, 0.4) is 0 Å². The molecule has 0 saturated carbocycles. The van der Waals surface area contributed by atoms with E-state index in [0.717, 1.165) is 17.7 Å². The molecule has 0 aliphatic carbocycles. The fourth-order valence-electron chi connectivity index (χ4n) is 3.23. The summed E-state index contributed by atoms with van der Waals surface area (Å²) in [4.78, 5) is 2.45. The summed E-state index contributed by atoms with van der Waals surface area (Å²) in [5.41, 5.74) is 0.906. The molecule has 20 heavy (non-hydrogen) atoms. The number of β-amino-alcohol motifs (C(OH)–C–C–N with tert-alkyl or cyclic N) is 1. The zero-order valence-electron chi connectivity index (χ0n) is 12.9. The fraction of sp³-hybridized carbons (Fsp3) is 0.647. The van der Waals surface area contributed by atoms with Crippen LogP contribution in [-0.4, -0.2) is 35.2 Å². The van der Waals surface area contributed by atoms with Crippen molar-refractivity contribution in [1.29, 1.82) is 0 Å². The molecular formula is C17H27NO2. The van der Waals surface area contributed by atoms with Crippen LogP contribution in [0, 0.1) is 0 Å². The van der Waals surface area contributed by atoms with Crippen molar-refractivity contribution < 1.29 is 9.84 Å². The molecule has 3 heteroatoms. The second kappa shape index (κ2) is 7.09. The highest BCUT2D eigenvalue weighted by atomic mass is 16.5. The smallest absolute Gasteiger partial charge is 0.125 e. The minimum atomic E-state index is -0.479. The van der Waals surface area contributed by atoms with E-state index in [1.165, 1.54) is 12.8 Å². The zero-order chi connectivity index (χ0) is 14.5. The lowest BCUT2D eigenvalue weighted by atomic mass is 10.1. The van der Waals surface area contributed by atoms with Gasteiger partial charge in [0.05, 0.1) is 12.7 Å². The average molecular weight is 277 g/mol. The van der Waals surface area contributed by atoms with E-state index < -0.39 is 6.10 Å². The Hall–Kier alpha value is -1.06. The normalized spacial score (nSPS) is 24.8. The van der Waals surface area contributed by atoms with Crippen LogP contribution >= 0.6 is 0 Å². The standard InChI is InChI=1S/C17H27NO2/c1-4-14-11-10-13(3)18(14)12-16(19)15-8-6-7-9-17(15)20-5-2/h6-9,13-14,16,19H,4-5,10-12H2,1-3H3. The number of benzene rings is 1. The van der Waals surface area contributed by atoms with Gasteiger partial charge in [0.1, 0.15) is 5.75 Å². The lowest BCUT2D eigenvalue weighted by Gasteiger charge is -2.30. The average Bonchev–Trinajstić information content (AvgIpc) is 2.80. The van der Waals surface area contributed by atoms with Gasteiger partial charge in [-0.25, -0.2) is 0 Å². The molecule has 3 nitrogen and oxygen atoms in total. The molecule has 0 aromatic heterocycles. The quantitative estimate of drug-likeness (QED) is 0.865. The van der Waals surface area contributed by atoms with Crippen LogP contribution in [0.2, 0.25) is 0 Å². The first-order chi connectivity index (χ1) is 9.67. The van der Waals surface area contributed by atoms with Gasteiger partial charge in [-0.3, -0.25) is 4.90 Å². The zero-order valence-corrected chi connectivity index (χ0v) is 12.9. The van der Waals surface area contributed by atoms with Gasteiger partial charge in [0.25, 0.3) is 0 Å². The van der Waals surface area contributed by atoms with Gasteiger partial charge >= 0.3 is 0 Å². The number of likely N-dealkylation sites (tertiary alicyclic amines) is 1. The van der Waals surface area contributed by atoms with Gasteiger partial charge in [-0.2, -0.15) is 0 Å². The molecular weight excluding hydrogens is 250 g/mol. The molecule has 0 amide bonds. The summed E-state index contributed by atoms with van der Waals surface area (Å²) in [6, 6.07) is 9.00. The molecule has 3 atom stereocenters. The fourth-order valence-corrected chi connectivity index (χ4v) is 3.23. The maximum Gasteiger partial charge on any atom is 0.125 e. The van der Waals surface area contributed by atoms with E-state index in [9.17, 15) is 5.11 Å². The maximum absolute atomic E-state index is 10.6. The molecule has 112 valence electrons. The minimum absolute atomic E-state index is 0.479. The predicted molar refractivity (Wildman–Crippen MR) is 82.1 cm³/mol. The predicted octanol–water partition coefficient (Wildman–Crippen LogP) is 3.38. The highest BCUT2D eigenvalue weighted by Crippen LogP contribution is 2.31. The van der Waals surface area contributed by atoms with Gasteiger partial charge in [0, 0.05) is 24.2 Å². The van der Waals surface area contributed by atoms with E-state index in [2.05, 4.69) is 18.7 Å². The van der Waals surface area contributed by atoms with Gasteiger partial charge < -0.3 is 9.84 Å². The number of hydrogen-bond acceptors (Lipinski definition) is 3. The lowest BCUT2D eigenvalue weighted by Crippen LogP contribution is -2.37. The van der Waals surface area contributed by atoms with E-state index >= 15 is 0 Å². The first-order valence-electron chi connectivity index (χ1n) is 7.82. The molecule has 3 unspecified atom stereocenters. The number of aliphatic hydroxyl groups is 1. The summed E-state index contributed by atoms with van der Waals surface area (Å²) < 4.78 is 5.62. The summed E-state index contributed by atoms with van der Waals surface area (Å²) in [7, 11) is 0. The van der Waals surface area contributed by atoms with Gasteiger partial charge in [0.15, 0.2) is 0 Å². The summed E-state index contributed by atoms with van der Waals surface area (Å²) >= 11 is 0. The third-order valence-electron chi connectivity index (χ3n) is 4.39. The third kappa shape index (κ3) is 3.33. The molecule has 1 fully saturated rings. The van der Waals surface area contributed by atoms with E-state index in [0.29, 0.717) is 25.2 Å². The summed E-state index contributed by atoms with van der Waals surface area (Å²) in [5, 5.41) is 10.6. The number of para-hydroxylation sites is 1. The van der Waals surface area contributed by atoms with Gasteiger partial charge in [-0.15, -0.1) is 0 Å². The molecule has 0 spiro atoms. The highest BCUT2D eigenvalue weighted by Gasteiger charge is 2.31. The molecule has 1 saturated heterocycles. The Morgan fingerprint density at radius 3 is 2.75 bits per heavy atom. The van der Waals surface area contributed by atoms with E-state index in [4.69, 9.17) is 4.74 Å². The number of hydrogen-bond donors (Lipinski definition) is 1. The van der Waals surface area contributed by atoms with Gasteiger partial charge in [-0.05, 0) is 39.2 Å². The van der Waals surface area contributed by atoms with Crippen LogP contribution in [0.1, 0.15) is 51.7 Å². The van der Waals surface area contributed by atoms with Crippen molar-refractivity contribution in [3.63, 3.8) is 0 Å². The number of rotatable bonds is 6. The third-order valence-corrected chi connectivity index (χ3v) is 4.39. The van der Waals surface area contributed by atoms with Crippen molar-refractivity contribution in [2.45, 2.75) is 58.2 Å². The van der Waals surface area contributed by atoms with Crippen molar-refractivity contribution in [1.82, 2.24) is 4.90 Å². The Labute approximate surface area is 122 Å². The van der Waals surface area contributed by atoms with Gasteiger partial charge in [0.2, 0.25) is 0 Å². The first-order valence-corrected chi connectivity index (χ1v) is 7.82. The molecule has 1 heterocycles. The van der Waals surface area contributed by atoms with Crippen LogP contribution in [0.25, 0.3) is 0 Å². The SMILES string of the molecule is CCOc1ccccc1C(O)CN1C(C)CCC1CC. The van der Waals surface area contributed by atoms with Crippen LogP contribution in [0.5, 0.6) is 5.75 Å². The van der Waals surface area contributed by atoms with E-state index in [-0.39, 0.29) is 0 Å². The number of nitrogens with zero attached hydrogens (tertiary/aromatic N) is 1. The second-order valence-electron chi connectivity index (χ2n) is 5.67. The maximum atomic E-state index is 10.6. The molecule has 1 aromatic rings. The van der Waals surface area contributed by atoms with E-state index in [1.54, 1.807) is 0 Å². The molecule has 1 N–H and O–H groups in total. The summed E-state index contributed by atoms with van der Waals surface area (Å²) in [6.45, 7) is 7.79. The Balaban J connectivity index is 2.09. The molecule has 1 aliphatic heterocycles. The summed E-state index contributed by atoms with van der Waals surface area (Å²) in [5.74, 6) is 0.808. The highest BCUT2D eigenvalue weighted by molar-refractivity contribution is 5.35. The molecule has 2 rings (SSSR count). The number of aliphatic hydroxyl groups excluding tert-OH is 1. The second-order valence-corrected chi connectivity index (χ2v) is 5.67. The van der Waals surface area contributed by atoms with Crippen molar-refractivity contribution >= 4 is 0 Å². The molecule has 0 radical (unpaired) electrons. The van der Waals surface area contributed by atoms with Gasteiger partial charge in [-0.1, -0.05) is 25.1 Å². The topological polar surface area (TPSA) is 32.7 Å². The van der Waals surface area contributed by atoms with Crippen molar-refractivity contribution in [3.05, 3.63) is 29.8 Å². The molecule has 0 bridgehead atoms. The monoisotopic (exact) mass is 277 g/mol. The van der Waals surface area contributed by atoms with Crippen molar-refractivity contribution in [2.75, 3.05) is 13.2 Å². The van der Waals surface area contributed by atoms with Crippen LogP contribution in [-0.2, 0) is 0 Å². The van der Waals surface area contributed by atoms with Crippen LogP contribution < -0.4 is 4.74 Å². The van der Waals surface area contributed by atoms with E-state index in [1.807, 2.05) is 31.2 Å². The Kier molecular flexibility index (Phi) is 5.44. The Morgan fingerprint density at radius 2 is 2.05 bits per heavy atom. The largest absolute Gasteiger partial charge is 0.493 e. The van der Waals surface area contributed by atoms with Crippen LogP contribution in [0.4, 0.5) is 0 Å². The minimum Gasteiger partial charge on any atom is -0.493 e. The van der Waals surface area contributed by atoms with Crippen molar-refractivity contribution in [2.24, 2.45) is 0 Å². The van der Waals surface area contributed by atoms with Crippen LogP contribution in [0.15, 0.2) is 24.3 Å². The summed E-state index contributed by atoms with van der Waals surface area (Å²) in [6.07, 6.45) is 3.16. The Bertz CT molecular complexity index is 421. The van der Waals surface area contributed by atoms with Crippen molar-refractivity contribution in [3.8, 4) is 5.75 Å². The first kappa shape index (κ1) is 15.3. The number of ether oxygens (including phenoxy) is 1. The lowest BCUT2D eigenvalue weighted by molar-refractivity contribution is 0.0838. The molecule has 1 aliphatic rings.